The summed E-state index contributed by atoms with van der Waals surface area (Å²) in [5.74, 6) is 0.759. The van der Waals surface area contributed by atoms with Gasteiger partial charge >= 0.3 is 0 Å². The third-order valence-electron chi connectivity index (χ3n) is 4.33. The van der Waals surface area contributed by atoms with E-state index in [4.69, 9.17) is 0 Å². The Bertz CT molecular complexity index is 701. The predicted octanol–water partition coefficient (Wildman–Crippen LogP) is 1.80. The predicted molar refractivity (Wildman–Crippen MR) is 96.6 cm³/mol. The van der Waals surface area contributed by atoms with Crippen LogP contribution < -0.4 is 5.32 Å². The van der Waals surface area contributed by atoms with Gasteiger partial charge in [-0.05, 0) is 24.7 Å². The maximum Gasteiger partial charge on any atom is 0.257 e. The molecule has 2 aliphatic rings. The van der Waals surface area contributed by atoms with Crippen LogP contribution in [0.25, 0.3) is 0 Å². The second-order valence-electron chi connectivity index (χ2n) is 6.02. The van der Waals surface area contributed by atoms with E-state index in [0.29, 0.717) is 30.1 Å². The van der Waals surface area contributed by atoms with E-state index in [9.17, 15) is 14.4 Å². The molecule has 3 amide bonds. The molecule has 1 aromatic heterocycles. The molecule has 0 saturated carbocycles. The van der Waals surface area contributed by atoms with E-state index in [1.807, 2.05) is 18.7 Å². The Balaban J connectivity index is 1.87. The van der Waals surface area contributed by atoms with Crippen LogP contribution in [0.1, 0.15) is 34.6 Å². The number of likely N-dealkylation sites (N-methyl/N-ethyl adjacent to an activating group) is 1. The topological polar surface area (TPSA) is 69.7 Å². The Labute approximate surface area is 149 Å². The molecule has 0 saturated heterocycles. The summed E-state index contributed by atoms with van der Waals surface area (Å²) in [5.41, 5.74) is 1.61. The van der Waals surface area contributed by atoms with Crippen molar-refractivity contribution in [2.24, 2.45) is 0 Å². The minimum absolute atomic E-state index is 0.0539. The van der Waals surface area contributed by atoms with Gasteiger partial charge in [-0.2, -0.15) is 0 Å². The highest BCUT2D eigenvalue weighted by atomic mass is 32.2. The summed E-state index contributed by atoms with van der Waals surface area (Å²) < 4.78 is 0. The fraction of sp³-hybridized carbons (Fsp3) is 0.562. The summed E-state index contributed by atoms with van der Waals surface area (Å²) in [4.78, 5) is 41.3. The second-order valence-corrected chi connectivity index (χ2v) is 8.75. The van der Waals surface area contributed by atoms with Crippen molar-refractivity contribution >= 4 is 45.8 Å². The first-order chi connectivity index (χ1) is 11.4. The summed E-state index contributed by atoms with van der Waals surface area (Å²) in [7, 11) is 1.64. The van der Waals surface area contributed by atoms with Crippen molar-refractivity contribution in [2.45, 2.75) is 32.1 Å². The van der Waals surface area contributed by atoms with Gasteiger partial charge in [0.1, 0.15) is 5.00 Å². The van der Waals surface area contributed by atoms with E-state index >= 15 is 0 Å². The van der Waals surface area contributed by atoms with Crippen molar-refractivity contribution in [3.05, 3.63) is 16.0 Å². The molecule has 0 aromatic carbocycles. The molecule has 0 bridgehead atoms. The molecular weight excluding hydrogens is 346 g/mol. The van der Waals surface area contributed by atoms with E-state index in [0.717, 1.165) is 16.2 Å². The van der Waals surface area contributed by atoms with Crippen molar-refractivity contribution in [2.75, 3.05) is 31.2 Å². The van der Waals surface area contributed by atoms with E-state index < -0.39 is 0 Å². The summed E-state index contributed by atoms with van der Waals surface area (Å²) in [6, 6.07) is 0. The monoisotopic (exact) mass is 367 g/mol. The Morgan fingerprint density at radius 1 is 1.38 bits per heavy atom. The summed E-state index contributed by atoms with van der Waals surface area (Å²) in [6.07, 6.45) is 0.659. The lowest BCUT2D eigenvalue weighted by Gasteiger charge is -2.29. The number of fused-ring (bicyclic) bond motifs is 3. The van der Waals surface area contributed by atoms with E-state index in [1.54, 1.807) is 18.8 Å². The van der Waals surface area contributed by atoms with Crippen LogP contribution in [0.15, 0.2) is 0 Å². The number of anilines is 1. The van der Waals surface area contributed by atoms with Gasteiger partial charge in [-0.25, -0.2) is 0 Å². The average molecular weight is 367 g/mol. The van der Waals surface area contributed by atoms with Crippen molar-refractivity contribution in [1.82, 2.24) is 9.80 Å². The number of amides is 3. The molecule has 8 heteroatoms. The van der Waals surface area contributed by atoms with Crippen molar-refractivity contribution in [3.63, 3.8) is 0 Å². The third kappa shape index (κ3) is 3.04. The van der Waals surface area contributed by atoms with Crippen molar-refractivity contribution in [1.29, 1.82) is 0 Å². The highest BCUT2D eigenvalue weighted by molar-refractivity contribution is 8.00. The zero-order chi connectivity index (χ0) is 17.4. The number of thiophene rings is 1. The maximum absolute atomic E-state index is 12.6. The standard InChI is InChI=1S/C16H21N3O3S2/c1-4-23-9(2)15(21)19-6-5-10-11(7-19)24-14-13(10)16(22)18(3)8-12(20)17-14/h9H,4-8H2,1-3H3,(H,17,20). The number of hydrogen-bond donors (Lipinski definition) is 1. The number of carbonyl (C=O) groups is 3. The minimum Gasteiger partial charge on any atom is -0.336 e. The van der Waals surface area contributed by atoms with Crippen LogP contribution in [-0.4, -0.2) is 58.7 Å². The Kier molecular flexibility index (Phi) is 4.87. The van der Waals surface area contributed by atoms with Crippen molar-refractivity contribution in [3.8, 4) is 0 Å². The van der Waals surface area contributed by atoms with Crippen LogP contribution in [0.3, 0.4) is 0 Å². The van der Waals surface area contributed by atoms with Crippen LogP contribution in [0.2, 0.25) is 0 Å². The highest BCUT2D eigenvalue weighted by Gasteiger charge is 2.34. The lowest BCUT2D eigenvalue weighted by atomic mass is 10.0. The molecule has 3 heterocycles. The molecule has 24 heavy (non-hydrogen) atoms. The van der Waals surface area contributed by atoms with Crippen molar-refractivity contribution < 1.29 is 14.4 Å². The normalized spacial score (nSPS) is 18.6. The molecule has 0 radical (unpaired) electrons. The van der Waals surface area contributed by atoms with Crippen LogP contribution >= 0.6 is 23.1 Å². The van der Waals surface area contributed by atoms with Gasteiger partial charge in [0.05, 0.1) is 23.9 Å². The molecular formula is C16H21N3O3S2. The summed E-state index contributed by atoms with van der Waals surface area (Å²) in [6.45, 7) is 5.20. The minimum atomic E-state index is -0.177. The Morgan fingerprint density at radius 2 is 2.12 bits per heavy atom. The number of nitrogens with one attached hydrogen (secondary N) is 1. The molecule has 1 N–H and O–H groups in total. The first-order valence-electron chi connectivity index (χ1n) is 8.02. The average Bonchev–Trinajstić information content (AvgIpc) is 2.85. The molecule has 0 aliphatic carbocycles. The second kappa shape index (κ2) is 6.76. The Hall–Kier alpha value is -1.54. The van der Waals surface area contributed by atoms with Gasteiger partial charge in [0.25, 0.3) is 5.91 Å². The number of thioether (sulfide) groups is 1. The van der Waals surface area contributed by atoms with Gasteiger partial charge in [-0.15, -0.1) is 23.1 Å². The first-order valence-corrected chi connectivity index (χ1v) is 9.89. The van der Waals surface area contributed by atoms with Gasteiger partial charge in [-0.3, -0.25) is 14.4 Å². The maximum atomic E-state index is 12.6. The van der Waals surface area contributed by atoms with E-state index in [2.05, 4.69) is 5.32 Å². The molecule has 130 valence electrons. The number of rotatable bonds is 3. The van der Waals surface area contributed by atoms with Gasteiger partial charge in [0.15, 0.2) is 0 Å². The van der Waals surface area contributed by atoms with Crippen LogP contribution in [0.4, 0.5) is 5.00 Å². The van der Waals surface area contributed by atoms with Gasteiger partial charge < -0.3 is 15.1 Å². The number of hydrogen-bond acceptors (Lipinski definition) is 5. The van der Waals surface area contributed by atoms with E-state index in [1.165, 1.54) is 16.2 Å². The zero-order valence-corrected chi connectivity index (χ0v) is 15.7. The molecule has 1 aromatic rings. The highest BCUT2D eigenvalue weighted by Crippen LogP contribution is 2.39. The molecule has 6 nitrogen and oxygen atoms in total. The Morgan fingerprint density at radius 3 is 2.83 bits per heavy atom. The van der Waals surface area contributed by atoms with Crippen LogP contribution in [0, 0.1) is 0 Å². The molecule has 0 spiro atoms. The summed E-state index contributed by atoms with van der Waals surface area (Å²) >= 11 is 3.07. The SMILES string of the molecule is CCSC(C)C(=O)N1CCc2c(sc3c2C(=O)N(C)CC(=O)N3)C1. The van der Waals surface area contributed by atoms with Gasteiger partial charge in [-0.1, -0.05) is 6.92 Å². The first kappa shape index (κ1) is 17.3. The number of nitrogens with zero attached hydrogens (tertiary/aromatic N) is 2. The molecule has 2 aliphatic heterocycles. The largest absolute Gasteiger partial charge is 0.336 e. The lowest BCUT2D eigenvalue weighted by molar-refractivity contribution is -0.131. The van der Waals surface area contributed by atoms with Crippen LogP contribution in [-0.2, 0) is 22.6 Å². The molecule has 1 unspecified atom stereocenters. The lowest BCUT2D eigenvalue weighted by Crippen LogP contribution is -2.40. The van der Waals surface area contributed by atoms with Gasteiger partial charge in [0.2, 0.25) is 11.8 Å². The quantitative estimate of drug-likeness (QED) is 0.884. The third-order valence-corrected chi connectivity index (χ3v) is 6.49. The summed E-state index contributed by atoms with van der Waals surface area (Å²) in [5, 5.41) is 3.41. The van der Waals surface area contributed by atoms with E-state index in [-0.39, 0.29) is 29.5 Å². The smallest absolute Gasteiger partial charge is 0.257 e. The molecule has 1 atom stereocenters. The number of carbonyl (C=O) groups excluding carboxylic acids is 3. The van der Waals surface area contributed by atoms with Gasteiger partial charge in [0, 0.05) is 18.5 Å². The molecule has 0 fully saturated rings. The fourth-order valence-corrected chi connectivity index (χ4v) is 5.19. The van der Waals surface area contributed by atoms with Crippen LogP contribution in [0.5, 0.6) is 0 Å². The fourth-order valence-electron chi connectivity index (χ4n) is 3.13. The molecule has 3 rings (SSSR count). The zero-order valence-electron chi connectivity index (χ0n) is 14.0.